The van der Waals surface area contributed by atoms with Gasteiger partial charge in [-0.15, -0.1) is 11.3 Å². The van der Waals surface area contributed by atoms with Crippen molar-refractivity contribution in [3.05, 3.63) is 65.6 Å². The predicted molar refractivity (Wildman–Crippen MR) is 162 cm³/mol. The summed E-state index contributed by atoms with van der Waals surface area (Å²) in [6, 6.07) is 7.54. The average Bonchev–Trinajstić information content (AvgIpc) is 3.58. The minimum atomic E-state index is -1.35. The van der Waals surface area contributed by atoms with Crippen LogP contribution >= 0.6 is 11.3 Å². The number of Topliss-reactive ketones (excluding diaryl/α,β-unsaturated/α-hetero) is 1. The highest BCUT2D eigenvalue weighted by atomic mass is 32.1. The first-order valence-corrected chi connectivity index (χ1v) is 15.3. The van der Waals surface area contributed by atoms with Crippen LogP contribution in [0.4, 0.5) is 4.79 Å². The zero-order valence-electron chi connectivity index (χ0n) is 24.9. The summed E-state index contributed by atoms with van der Waals surface area (Å²) in [6.45, 7) is 7.92. The van der Waals surface area contributed by atoms with E-state index in [1.165, 1.54) is 16.2 Å². The van der Waals surface area contributed by atoms with Gasteiger partial charge in [0.1, 0.15) is 22.9 Å². The monoisotopic (exact) mass is 606 g/mol. The molecule has 2 N–H and O–H groups in total. The number of nitrogens with one attached hydrogen (secondary N) is 1. The lowest BCUT2D eigenvalue weighted by molar-refractivity contribution is -0.144. The third-order valence-corrected chi connectivity index (χ3v) is 8.48. The highest BCUT2D eigenvalue weighted by molar-refractivity contribution is 7.13. The number of carboxylic acid groups (broad SMARTS) is 1. The average molecular weight is 607 g/mol. The van der Waals surface area contributed by atoms with Crippen molar-refractivity contribution in [2.24, 2.45) is 5.41 Å². The van der Waals surface area contributed by atoms with E-state index in [1.54, 1.807) is 30.9 Å². The van der Waals surface area contributed by atoms with E-state index in [1.807, 2.05) is 51.1 Å². The van der Waals surface area contributed by atoms with E-state index in [0.29, 0.717) is 42.2 Å². The fourth-order valence-corrected chi connectivity index (χ4v) is 6.20. The van der Waals surface area contributed by atoms with Gasteiger partial charge in [-0.1, -0.05) is 63.9 Å². The molecule has 4 rings (SSSR count). The van der Waals surface area contributed by atoms with Gasteiger partial charge in [0.25, 0.3) is 5.91 Å². The number of aromatic nitrogens is 3. The largest absolute Gasteiger partial charge is 0.465 e. The Kier molecular flexibility index (Phi) is 10.2. The zero-order valence-corrected chi connectivity index (χ0v) is 25.7. The van der Waals surface area contributed by atoms with E-state index in [0.717, 1.165) is 10.5 Å². The van der Waals surface area contributed by atoms with Gasteiger partial charge < -0.3 is 15.3 Å². The first-order chi connectivity index (χ1) is 20.5. The van der Waals surface area contributed by atoms with E-state index >= 15 is 0 Å². The Labute approximate surface area is 255 Å². The Balaban J connectivity index is 1.57. The number of amides is 3. The molecular formula is C31H38N6O5S. The number of unbranched alkanes of at least 4 members (excludes halogenated alkanes) is 1. The maximum atomic E-state index is 13.7. The van der Waals surface area contributed by atoms with Gasteiger partial charge in [0, 0.05) is 24.3 Å². The zero-order chi connectivity index (χ0) is 31.1. The molecule has 0 saturated carbocycles. The topological polar surface area (TPSA) is 146 Å². The van der Waals surface area contributed by atoms with Crippen molar-refractivity contribution in [1.82, 2.24) is 30.1 Å². The quantitative estimate of drug-likeness (QED) is 0.282. The smallest absolute Gasteiger partial charge is 0.409 e. The summed E-state index contributed by atoms with van der Waals surface area (Å²) in [7, 11) is 0. The number of hydrogen-bond acceptors (Lipinski definition) is 8. The van der Waals surface area contributed by atoms with Crippen molar-refractivity contribution in [3.63, 3.8) is 0 Å². The lowest BCUT2D eigenvalue weighted by Gasteiger charge is -2.37. The summed E-state index contributed by atoms with van der Waals surface area (Å²) < 4.78 is 0. The van der Waals surface area contributed by atoms with E-state index < -0.39 is 41.4 Å². The molecule has 2 aromatic heterocycles. The molecule has 3 heterocycles. The minimum Gasteiger partial charge on any atom is -0.465 e. The standard InChI is InChI=1S/C31H38N6O5S/c1-5-6-12-24(27(39)28(40)34-20(2)21-10-8-7-9-11-21)37(30(41)42)25-16-31(3,4)19-36(25)26(38)15-22-18-43-29(35-22)23-17-32-13-14-33-23/h7-11,13-14,17-18,20,24-25H,5-6,12,15-16,19H2,1-4H3,(H,34,40)(H,41,42)/t20-,24+,25?/m1/s1. The molecule has 43 heavy (non-hydrogen) atoms. The molecule has 11 nitrogen and oxygen atoms in total. The SMILES string of the molecule is CCCC[C@@H](C(=O)C(=O)N[C@H](C)c1ccccc1)N(C(=O)O)C1CC(C)(C)CN1C(=O)Cc1csc(-c2cnccn2)n1. The molecule has 3 amide bonds. The molecule has 1 saturated heterocycles. The summed E-state index contributed by atoms with van der Waals surface area (Å²) in [5, 5.41) is 15.6. The number of carbonyl (C=O) groups excluding carboxylic acids is 3. The van der Waals surface area contributed by atoms with Crippen LogP contribution in [0.2, 0.25) is 0 Å². The highest BCUT2D eigenvalue weighted by Gasteiger charge is 2.48. The third-order valence-electron chi connectivity index (χ3n) is 7.56. The van der Waals surface area contributed by atoms with Gasteiger partial charge in [0.15, 0.2) is 0 Å². The fraction of sp³-hybridized carbons (Fsp3) is 0.452. The lowest BCUT2D eigenvalue weighted by Crippen LogP contribution is -2.58. The van der Waals surface area contributed by atoms with E-state index in [4.69, 9.17) is 0 Å². The lowest BCUT2D eigenvalue weighted by atomic mass is 9.91. The molecule has 1 fully saturated rings. The number of rotatable bonds is 12. The molecule has 12 heteroatoms. The van der Waals surface area contributed by atoms with Crippen molar-refractivity contribution in [2.45, 2.75) is 78.0 Å². The van der Waals surface area contributed by atoms with Gasteiger partial charge in [0.05, 0.1) is 24.4 Å². The first kappa shape index (κ1) is 31.7. The van der Waals surface area contributed by atoms with E-state index in [9.17, 15) is 24.3 Å². The van der Waals surface area contributed by atoms with Crippen molar-refractivity contribution in [3.8, 4) is 10.7 Å². The second-order valence-electron chi connectivity index (χ2n) is 11.6. The first-order valence-electron chi connectivity index (χ1n) is 14.4. The highest BCUT2D eigenvalue weighted by Crippen LogP contribution is 2.37. The van der Waals surface area contributed by atoms with Gasteiger partial charge in [-0.3, -0.25) is 29.3 Å². The van der Waals surface area contributed by atoms with Crippen LogP contribution in [-0.4, -0.2) is 72.3 Å². The third kappa shape index (κ3) is 7.81. The van der Waals surface area contributed by atoms with Gasteiger partial charge in [-0.05, 0) is 30.7 Å². The number of thiazole rings is 1. The van der Waals surface area contributed by atoms with E-state index in [-0.39, 0.29) is 18.7 Å². The van der Waals surface area contributed by atoms with Crippen molar-refractivity contribution >= 4 is 35.0 Å². The summed E-state index contributed by atoms with van der Waals surface area (Å²) in [5.41, 5.74) is 1.54. The number of benzene rings is 1. The maximum Gasteiger partial charge on any atom is 0.409 e. The van der Waals surface area contributed by atoms with Crippen molar-refractivity contribution in [1.29, 1.82) is 0 Å². The molecule has 3 aromatic rings. The molecule has 0 bridgehead atoms. The molecule has 228 valence electrons. The van der Waals surface area contributed by atoms with Crippen LogP contribution in [0.5, 0.6) is 0 Å². The molecule has 0 spiro atoms. The van der Waals surface area contributed by atoms with Crippen LogP contribution in [0.15, 0.2) is 54.3 Å². The summed E-state index contributed by atoms with van der Waals surface area (Å²) >= 11 is 1.35. The van der Waals surface area contributed by atoms with Gasteiger partial charge in [-0.25, -0.2) is 9.78 Å². The summed E-state index contributed by atoms with van der Waals surface area (Å²) in [5.74, 6) is -1.98. The normalized spacial score (nSPS) is 17.2. The Hall–Kier alpha value is -4.19. The Bertz CT molecular complexity index is 1430. The van der Waals surface area contributed by atoms with Gasteiger partial charge >= 0.3 is 6.09 Å². The second-order valence-corrected chi connectivity index (χ2v) is 12.5. The molecule has 3 atom stereocenters. The van der Waals surface area contributed by atoms with Crippen LogP contribution in [0.1, 0.15) is 70.7 Å². The molecule has 0 radical (unpaired) electrons. The fourth-order valence-electron chi connectivity index (χ4n) is 5.42. The van der Waals surface area contributed by atoms with Crippen LogP contribution in [0.3, 0.4) is 0 Å². The molecule has 1 aliphatic rings. The molecular weight excluding hydrogens is 568 g/mol. The Morgan fingerprint density at radius 1 is 1.19 bits per heavy atom. The van der Waals surface area contributed by atoms with E-state index in [2.05, 4.69) is 20.3 Å². The Morgan fingerprint density at radius 2 is 1.93 bits per heavy atom. The van der Waals surface area contributed by atoms with Crippen molar-refractivity contribution < 1.29 is 24.3 Å². The van der Waals surface area contributed by atoms with Crippen molar-refractivity contribution in [2.75, 3.05) is 6.54 Å². The number of carbonyl (C=O) groups is 4. The maximum absolute atomic E-state index is 13.7. The van der Waals surface area contributed by atoms with Crippen LogP contribution in [0.25, 0.3) is 10.7 Å². The van der Waals surface area contributed by atoms with Crippen LogP contribution in [-0.2, 0) is 20.8 Å². The summed E-state index contributed by atoms with van der Waals surface area (Å²) in [4.78, 5) is 68.8. The number of ketones is 1. The molecule has 1 unspecified atom stereocenters. The number of nitrogens with zero attached hydrogens (tertiary/aromatic N) is 5. The minimum absolute atomic E-state index is 0.0422. The number of hydrogen-bond donors (Lipinski definition) is 2. The predicted octanol–water partition coefficient (Wildman–Crippen LogP) is 4.71. The molecule has 1 aromatic carbocycles. The molecule has 1 aliphatic heterocycles. The Morgan fingerprint density at radius 3 is 2.58 bits per heavy atom. The summed E-state index contributed by atoms with van der Waals surface area (Å²) in [6.07, 6.45) is 4.16. The van der Waals surface area contributed by atoms with Crippen LogP contribution < -0.4 is 5.32 Å². The van der Waals surface area contributed by atoms with Gasteiger partial charge in [0.2, 0.25) is 11.7 Å². The van der Waals surface area contributed by atoms with Gasteiger partial charge in [-0.2, -0.15) is 0 Å². The second kappa shape index (κ2) is 13.9. The molecule has 0 aliphatic carbocycles. The number of likely N-dealkylation sites (tertiary alicyclic amines) is 1. The van der Waals surface area contributed by atoms with Crippen LogP contribution in [0, 0.1) is 5.41 Å².